The Kier molecular flexibility index (Phi) is 9.03. The number of ether oxygens (including phenoxy) is 1. The molecule has 0 aliphatic rings. The van der Waals surface area contributed by atoms with E-state index in [-0.39, 0.29) is 17.9 Å². The Morgan fingerprint density at radius 3 is 2.71 bits per heavy atom. The molecule has 0 heterocycles. The zero-order chi connectivity index (χ0) is 13.1. The van der Waals surface area contributed by atoms with Crippen LogP contribution in [0.25, 0.3) is 0 Å². The highest BCUT2D eigenvalue weighted by molar-refractivity contribution is 5.75. The summed E-state index contributed by atoms with van der Waals surface area (Å²) in [6.45, 7) is 6.37. The zero-order valence-electron chi connectivity index (χ0n) is 11.0. The van der Waals surface area contributed by atoms with Crippen molar-refractivity contribution in [2.75, 3.05) is 32.9 Å². The van der Waals surface area contributed by atoms with Crippen molar-refractivity contribution >= 4 is 5.91 Å². The molecule has 0 aromatic carbocycles. The summed E-state index contributed by atoms with van der Waals surface area (Å²) in [5.41, 5.74) is 5.29. The van der Waals surface area contributed by atoms with Crippen LogP contribution in [0.1, 0.15) is 33.1 Å². The average Bonchev–Trinajstić information content (AvgIpc) is 2.30. The quantitative estimate of drug-likeness (QED) is 0.483. The van der Waals surface area contributed by atoms with E-state index in [0.29, 0.717) is 32.7 Å². The summed E-state index contributed by atoms with van der Waals surface area (Å²) in [7, 11) is 0. The number of carbonyl (C=O) groups excluding carboxylic acids is 1. The fraction of sp³-hybridized carbons (Fsp3) is 0.917. The predicted molar refractivity (Wildman–Crippen MR) is 67.6 cm³/mol. The first-order valence-corrected chi connectivity index (χ1v) is 6.17. The smallest absolute Gasteiger partial charge is 0.222 e. The van der Waals surface area contributed by atoms with Gasteiger partial charge in [-0.05, 0) is 18.3 Å². The molecular formula is C12H26N2O3. The van der Waals surface area contributed by atoms with E-state index in [1.807, 2.05) is 0 Å². The summed E-state index contributed by atoms with van der Waals surface area (Å²) in [6.07, 6.45) is 2.03. The van der Waals surface area contributed by atoms with Gasteiger partial charge in [-0.3, -0.25) is 4.79 Å². The summed E-state index contributed by atoms with van der Waals surface area (Å²) >= 11 is 0. The van der Waals surface area contributed by atoms with Gasteiger partial charge in [-0.25, -0.2) is 0 Å². The van der Waals surface area contributed by atoms with Crippen molar-refractivity contribution in [2.24, 2.45) is 11.1 Å². The molecule has 0 aromatic heterocycles. The monoisotopic (exact) mass is 246 g/mol. The van der Waals surface area contributed by atoms with E-state index in [1.54, 1.807) is 0 Å². The second-order valence-electron chi connectivity index (χ2n) is 4.92. The van der Waals surface area contributed by atoms with Crippen LogP contribution in [-0.2, 0) is 9.53 Å². The first kappa shape index (κ1) is 16.4. The van der Waals surface area contributed by atoms with Gasteiger partial charge < -0.3 is 20.9 Å². The third kappa shape index (κ3) is 10.2. The number of nitrogens with two attached hydrogens (primary N) is 1. The second kappa shape index (κ2) is 9.39. The molecule has 0 saturated carbocycles. The topological polar surface area (TPSA) is 84.6 Å². The highest BCUT2D eigenvalue weighted by Gasteiger charge is 2.17. The maximum Gasteiger partial charge on any atom is 0.222 e. The summed E-state index contributed by atoms with van der Waals surface area (Å²) in [4.78, 5) is 11.5. The van der Waals surface area contributed by atoms with E-state index in [9.17, 15) is 4.79 Å². The molecule has 4 N–H and O–H groups in total. The van der Waals surface area contributed by atoms with Gasteiger partial charge in [-0.15, -0.1) is 0 Å². The van der Waals surface area contributed by atoms with Gasteiger partial charge in [0.05, 0.1) is 13.2 Å². The highest BCUT2D eigenvalue weighted by Crippen LogP contribution is 2.20. The SMILES string of the molecule is CC(C)(CCCO)CNC(=O)CCOCCN. The molecule has 0 aliphatic carbocycles. The van der Waals surface area contributed by atoms with Crippen molar-refractivity contribution in [3.05, 3.63) is 0 Å². The van der Waals surface area contributed by atoms with Crippen LogP contribution in [0.3, 0.4) is 0 Å². The van der Waals surface area contributed by atoms with E-state index >= 15 is 0 Å². The van der Waals surface area contributed by atoms with Crippen molar-refractivity contribution in [1.82, 2.24) is 5.32 Å². The van der Waals surface area contributed by atoms with Crippen LogP contribution < -0.4 is 11.1 Å². The lowest BCUT2D eigenvalue weighted by molar-refractivity contribution is -0.122. The summed E-state index contributed by atoms with van der Waals surface area (Å²) < 4.78 is 5.13. The molecule has 0 bridgehead atoms. The Bertz CT molecular complexity index is 208. The van der Waals surface area contributed by atoms with Gasteiger partial charge in [-0.2, -0.15) is 0 Å². The van der Waals surface area contributed by atoms with Gasteiger partial charge in [-0.1, -0.05) is 13.8 Å². The number of aliphatic hydroxyl groups is 1. The summed E-state index contributed by atoms with van der Waals surface area (Å²) in [5.74, 6) is -0.000838. The molecule has 0 rings (SSSR count). The number of carbonyl (C=O) groups is 1. The average molecular weight is 246 g/mol. The van der Waals surface area contributed by atoms with Gasteiger partial charge in [0.1, 0.15) is 0 Å². The number of rotatable bonds is 10. The first-order valence-electron chi connectivity index (χ1n) is 6.17. The van der Waals surface area contributed by atoms with Crippen LogP contribution in [-0.4, -0.2) is 43.9 Å². The summed E-state index contributed by atoms with van der Waals surface area (Å²) in [5, 5.41) is 11.6. The molecule has 0 fully saturated rings. The van der Waals surface area contributed by atoms with Crippen LogP contribution in [0.15, 0.2) is 0 Å². The minimum absolute atomic E-state index is 0.000838. The number of hydrogen-bond donors (Lipinski definition) is 3. The van der Waals surface area contributed by atoms with Crippen molar-refractivity contribution in [1.29, 1.82) is 0 Å². The van der Waals surface area contributed by atoms with Crippen LogP contribution >= 0.6 is 0 Å². The van der Waals surface area contributed by atoms with Crippen molar-refractivity contribution in [3.8, 4) is 0 Å². The Hall–Kier alpha value is -0.650. The first-order chi connectivity index (χ1) is 8.02. The van der Waals surface area contributed by atoms with Gasteiger partial charge in [0.25, 0.3) is 0 Å². The van der Waals surface area contributed by atoms with Gasteiger partial charge in [0.15, 0.2) is 0 Å². The van der Waals surface area contributed by atoms with Gasteiger partial charge in [0.2, 0.25) is 5.91 Å². The van der Waals surface area contributed by atoms with Gasteiger partial charge in [0, 0.05) is 26.1 Å². The maximum absolute atomic E-state index is 11.5. The molecule has 0 aliphatic heterocycles. The lowest BCUT2D eigenvalue weighted by Crippen LogP contribution is -2.34. The molecule has 5 nitrogen and oxygen atoms in total. The molecule has 17 heavy (non-hydrogen) atoms. The van der Waals surface area contributed by atoms with E-state index in [4.69, 9.17) is 15.6 Å². The molecule has 0 atom stereocenters. The fourth-order valence-corrected chi connectivity index (χ4v) is 1.42. The third-order valence-electron chi connectivity index (χ3n) is 2.51. The van der Waals surface area contributed by atoms with Crippen molar-refractivity contribution in [3.63, 3.8) is 0 Å². The van der Waals surface area contributed by atoms with Crippen molar-refractivity contribution < 1.29 is 14.6 Å². The molecule has 0 unspecified atom stereocenters. The third-order valence-corrected chi connectivity index (χ3v) is 2.51. The zero-order valence-corrected chi connectivity index (χ0v) is 11.0. The largest absolute Gasteiger partial charge is 0.396 e. The normalized spacial score (nSPS) is 11.5. The molecule has 5 heteroatoms. The molecule has 0 saturated heterocycles. The Balaban J connectivity index is 3.60. The molecular weight excluding hydrogens is 220 g/mol. The van der Waals surface area contributed by atoms with Gasteiger partial charge >= 0.3 is 0 Å². The molecule has 0 radical (unpaired) electrons. The van der Waals surface area contributed by atoms with E-state index in [1.165, 1.54) is 0 Å². The summed E-state index contributed by atoms with van der Waals surface area (Å²) in [6, 6.07) is 0. The predicted octanol–water partition coefficient (Wildman–Crippen LogP) is 0.267. The molecule has 0 spiro atoms. The minimum atomic E-state index is -0.000838. The van der Waals surface area contributed by atoms with E-state index in [0.717, 1.165) is 12.8 Å². The highest BCUT2D eigenvalue weighted by atomic mass is 16.5. The Labute approximate surface area is 104 Å². The van der Waals surface area contributed by atoms with Crippen LogP contribution in [0.2, 0.25) is 0 Å². The molecule has 1 amide bonds. The number of nitrogens with one attached hydrogen (secondary N) is 1. The molecule has 0 aromatic rings. The maximum atomic E-state index is 11.5. The lowest BCUT2D eigenvalue weighted by Gasteiger charge is -2.24. The van der Waals surface area contributed by atoms with Crippen molar-refractivity contribution in [2.45, 2.75) is 33.1 Å². The number of amides is 1. The van der Waals surface area contributed by atoms with E-state index in [2.05, 4.69) is 19.2 Å². The number of aliphatic hydroxyl groups excluding tert-OH is 1. The second-order valence-corrected chi connectivity index (χ2v) is 4.92. The van der Waals surface area contributed by atoms with E-state index < -0.39 is 0 Å². The Morgan fingerprint density at radius 2 is 2.12 bits per heavy atom. The number of hydrogen-bond acceptors (Lipinski definition) is 4. The lowest BCUT2D eigenvalue weighted by atomic mass is 9.88. The standard InChI is InChI=1S/C12H26N2O3/c1-12(2,5-3-7-15)10-14-11(16)4-8-17-9-6-13/h15H,3-10,13H2,1-2H3,(H,14,16). The van der Waals surface area contributed by atoms with Crippen LogP contribution in [0.5, 0.6) is 0 Å². The van der Waals surface area contributed by atoms with Crippen LogP contribution in [0, 0.1) is 5.41 Å². The minimum Gasteiger partial charge on any atom is -0.396 e. The Morgan fingerprint density at radius 1 is 1.41 bits per heavy atom. The van der Waals surface area contributed by atoms with Crippen LogP contribution in [0.4, 0.5) is 0 Å². The fourth-order valence-electron chi connectivity index (χ4n) is 1.42. The molecule has 102 valence electrons.